The average Bonchev–Trinajstić information content (AvgIpc) is 2.39. The summed E-state index contributed by atoms with van der Waals surface area (Å²) in [6.45, 7) is 0.433. The summed E-state index contributed by atoms with van der Waals surface area (Å²) < 4.78 is 4.84. The van der Waals surface area contributed by atoms with Crippen LogP contribution in [-0.2, 0) is 14.3 Å². The second kappa shape index (κ2) is 5.91. The fraction of sp³-hybridized carbons (Fsp3) is 0.818. The molecule has 0 bridgehead atoms. The minimum atomic E-state index is -0.326. The third-order valence-corrected chi connectivity index (χ3v) is 2.75. The van der Waals surface area contributed by atoms with Gasteiger partial charge in [-0.25, -0.2) is 0 Å². The first-order valence-electron chi connectivity index (χ1n) is 5.30. The highest BCUT2D eigenvalue weighted by Gasteiger charge is 2.26. The number of carbonyl (C=O) groups is 2. The summed E-state index contributed by atoms with van der Waals surface area (Å²) in [5.74, 6) is -0.116. The first-order chi connectivity index (χ1) is 6.75. The highest BCUT2D eigenvalue weighted by molar-refractivity contribution is 6.02. The summed E-state index contributed by atoms with van der Waals surface area (Å²) in [6.07, 6.45) is 4.76. The lowest BCUT2D eigenvalue weighted by atomic mass is 9.93. The quantitative estimate of drug-likeness (QED) is 0.510. The van der Waals surface area contributed by atoms with Gasteiger partial charge in [-0.1, -0.05) is 12.8 Å². The van der Waals surface area contributed by atoms with Gasteiger partial charge >= 0.3 is 0 Å². The van der Waals surface area contributed by atoms with E-state index >= 15 is 0 Å². The van der Waals surface area contributed by atoms with E-state index in [1.165, 1.54) is 0 Å². The fourth-order valence-corrected chi connectivity index (χ4v) is 1.88. The standard InChI is InChI=1S/C11H18O3/c1-14-8-7-11(13)9-5-3-2-4-6-10(9)12/h9H,2-8H2,1H3. The van der Waals surface area contributed by atoms with E-state index in [0.717, 1.165) is 25.7 Å². The maximum absolute atomic E-state index is 11.6. The van der Waals surface area contributed by atoms with E-state index in [1.807, 2.05) is 0 Å². The number of ketones is 2. The van der Waals surface area contributed by atoms with Gasteiger partial charge in [-0.3, -0.25) is 9.59 Å². The molecule has 0 aromatic rings. The molecule has 0 aliphatic heterocycles. The van der Waals surface area contributed by atoms with Crippen molar-refractivity contribution in [2.75, 3.05) is 13.7 Å². The van der Waals surface area contributed by atoms with Gasteiger partial charge in [0.1, 0.15) is 11.6 Å². The predicted octanol–water partition coefficient (Wildman–Crippen LogP) is 1.74. The van der Waals surface area contributed by atoms with Crippen molar-refractivity contribution in [2.45, 2.75) is 38.5 Å². The lowest BCUT2D eigenvalue weighted by Gasteiger charge is -2.10. The molecule has 0 saturated heterocycles. The maximum Gasteiger partial charge on any atom is 0.145 e. The Morgan fingerprint density at radius 2 is 2.21 bits per heavy atom. The van der Waals surface area contributed by atoms with Crippen molar-refractivity contribution in [1.82, 2.24) is 0 Å². The number of hydrogen-bond acceptors (Lipinski definition) is 3. The molecule has 1 saturated carbocycles. The van der Waals surface area contributed by atoms with Crippen LogP contribution in [0.15, 0.2) is 0 Å². The van der Waals surface area contributed by atoms with Crippen molar-refractivity contribution in [3.63, 3.8) is 0 Å². The Balaban J connectivity index is 2.46. The molecule has 0 heterocycles. The van der Waals surface area contributed by atoms with Crippen LogP contribution in [-0.4, -0.2) is 25.3 Å². The molecule has 1 unspecified atom stereocenters. The van der Waals surface area contributed by atoms with Crippen molar-refractivity contribution in [2.24, 2.45) is 5.92 Å². The fourth-order valence-electron chi connectivity index (χ4n) is 1.88. The van der Waals surface area contributed by atoms with Crippen molar-refractivity contribution in [1.29, 1.82) is 0 Å². The molecule has 0 amide bonds. The Kier molecular flexibility index (Phi) is 4.80. The molecule has 1 aliphatic rings. The van der Waals surface area contributed by atoms with Crippen molar-refractivity contribution >= 4 is 11.6 Å². The predicted molar refractivity (Wildman–Crippen MR) is 53.1 cm³/mol. The van der Waals surface area contributed by atoms with Crippen LogP contribution in [0.1, 0.15) is 38.5 Å². The molecule has 0 aromatic carbocycles. The molecule has 0 N–H and O–H groups in total. The number of rotatable bonds is 4. The molecule has 1 fully saturated rings. The Morgan fingerprint density at radius 1 is 1.43 bits per heavy atom. The SMILES string of the molecule is COCCC(=O)C1CCCCCC1=O. The Hall–Kier alpha value is -0.700. The van der Waals surface area contributed by atoms with Crippen LogP contribution in [0.5, 0.6) is 0 Å². The first kappa shape index (κ1) is 11.4. The molecule has 80 valence electrons. The number of ether oxygens (including phenoxy) is 1. The van der Waals surface area contributed by atoms with Crippen molar-refractivity contribution in [3.05, 3.63) is 0 Å². The van der Waals surface area contributed by atoms with Crippen LogP contribution in [0.25, 0.3) is 0 Å². The van der Waals surface area contributed by atoms with Crippen LogP contribution in [0.4, 0.5) is 0 Å². The Labute approximate surface area is 84.8 Å². The Bertz CT molecular complexity index is 211. The summed E-state index contributed by atoms with van der Waals surface area (Å²) >= 11 is 0. The van der Waals surface area contributed by atoms with Crippen molar-refractivity contribution in [3.8, 4) is 0 Å². The first-order valence-corrected chi connectivity index (χ1v) is 5.30. The third kappa shape index (κ3) is 3.22. The van der Waals surface area contributed by atoms with Crippen LogP contribution in [0.2, 0.25) is 0 Å². The normalized spacial score (nSPS) is 23.2. The van der Waals surface area contributed by atoms with Crippen LogP contribution >= 0.6 is 0 Å². The molecule has 1 atom stereocenters. The molecule has 1 aliphatic carbocycles. The molecular weight excluding hydrogens is 180 g/mol. The topological polar surface area (TPSA) is 43.4 Å². The molecule has 3 nitrogen and oxygen atoms in total. The summed E-state index contributed by atoms with van der Waals surface area (Å²) in [6, 6.07) is 0. The maximum atomic E-state index is 11.6. The minimum absolute atomic E-state index is 0.0683. The summed E-state index contributed by atoms with van der Waals surface area (Å²) in [4.78, 5) is 23.2. The van der Waals surface area contributed by atoms with Crippen molar-refractivity contribution < 1.29 is 14.3 Å². The van der Waals surface area contributed by atoms with Gasteiger partial charge in [-0.2, -0.15) is 0 Å². The highest BCUT2D eigenvalue weighted by Crippen LogP contribution is 2.21. The van der Waals surface area contributed by atoms with Gasteiger partial charge in [0.25, 0.3) is 0 Å². The third-order valence-electron chi connectivity index (χ3n) is 2.75. The zero-order valence-corrected chi connectivity index (χ0v) is 8.75. The lowest BCUT2D eigenvalue weighted by Crippen LogP contribution is -2.23. The second-order valence-corrected chi connectivity index (χ2v) is 3.83. The van der Waals surface area contributed by atoms with Crippen LogP contribution in [0, 0.1) is 5.92 Å². The summed E-state index contributed by atoms with van der Waals surface area (Å²) in [5.41, 5.74) is 0. The largest absolute Gasteiger partial charge is 0.384 e. The van der Waals surface area contributed by atoms with Crippen LogP contribution < -0.4 is 0 Å². The molecule has 0 radical (unpaired) electrons. The molecule has 0 aromatic heterocycles. The molecular formula is C11H18O3. The van der Waals surface area contributed by atoms with Gasteiger partial charge in [-0.15, -0.1) is 0 Å². The highest BCUT2D eigenvalue weighted by atomic mass is 16.5. The zero-order valence-electron chi connectivity index (χ0n) is 8.75. The molecule has 1 rings (SSSR count). The van der Waals surface area contributed by atoms with Gasteiger partial charge in [0.05, 0.1) is 12.5 Å². The van der Waals surface area contributed by atoms with Gasteiger partial charge in [0.15, 0.2) is 0 Å². The average molecular weight is 198 g/mol. The Morgan fingerprint density at radius 3 is 2.93 bits per heavy atom. The van der Waals surface area contributed by atoms with Gasteiger partial charge < -0.3 is 4.74 Å². The van der Waals surface area contributed by atoms with Gasteiger partial charge in [-0.05, 0) is 12.8 Å². The molecule has 14 heavy (non-hydrogen) atoms. The monoisotopic (exact) mass is 198 g/mol. The van der Waals surface area contributed by atoms with E-state index in [9.17, 15) is 9.59 Å². The van der Waals surface area contributed by atoms with E-state index in [2.05, 4.69) is 0 Å². The summed E-state index contributed by atoms with van der Waals surface area (Å²) in [5, 5.41) is 0. The smallest absolute Gasteiger partial charge is 0.145 e. The van der Waals surface area contributed by atoms with E-state index in [0.29, 0.717) is 19.4 Å². The van der Waals surface area contributed by atoms with E-state index in [1.54, 1.807) is 7.11 Å². The van der Waals surface area contributed by atoms with E-state index in [4.69, 9.17) is 4.74 Å². The van der Waals surface area contributed by atoms with Gasteiger partial charge in [0.2, 0.25) is 0 Å². The lowest BCUT2D eigenvalue weighted by molar-refractivity contribution is -0.133. The number of hydrogen-bond donors (Lipinski definition) is 0. The summed E-state index contributed by atoms with van der Waals surface area (Å²) in [7, 11) is 1.57. The number of carbonyl (C=O) groups excluding carboxylic acids is 2. The van der Waals surface area contributed by atoms with E-state index < -0.39 is 0 Å². The van der Waals surface area contributed by atoms with Crippen LogP contribution in [0.3, 0.4) is 0 Å². The number of methoxy groups -OCH3 is 1. The minimum Gasteiger partial charge on any atom is -0.384 e. The molecule has 0 spiro atoms. The van der Waals surface area contributed by atoms with E-state index in [-0.39, 0.29) is 17.5 Å². The molecule has 3 heteroatoms. The zero-order chi connectivity index (χ0) is 10.4. The van der Waals surface area contributed by atoms with Gasteiger partial charge in [0, 0.05) is 20.0 Å². The second-order valence-electron chi connectivity index (χ2n) is 3.83. The number of Topliss-reactive ketones (excluding diaryl/α,β-unsaturated/α-hetero) is 2.